The fourth-order valence-electron chi connectivity index (χ4n) is 2.36. The first-order valence-corrected chi connectivity index (χ1v) is 10.3. The van der Waals surface area contributed by atoms with Gasteiger partial charge in [-0.2, -0.15) is 8.42 Å². The monoisotopic (exact) mass is 358 g/mol. The van der Waals surface area contributed by atoms with Crippen molar-refractivity contribution in [1.82, 2.24) is 5.32 Å². The van der Waals surface area contributed by atoms with Crippen molar-refractivity contribution in [3.63, 3.8) is 0 Å². The minimum absolute atomic E-state index is 0. The number of carbonyl (C=O) groups excluding carboxylic acids is 1. The second-order valence-electron chi connectivity index (χ2n) is 5.92. The molecule has 0 aromatic heterocycles. The van der Waals surface area contributed by atoms with Crippen LogP contribution in [0, 0.1) is 0 Å². The van der Waals surface area contributed by atoms with Crippen LogP contribution in [0.2, 0.25) is 0 Å². The van der Waals surface area contributed by atoms with E-state index in [9.17, 15) is 13.2 Å². The number of amides is 1. The maximum absolute atomic E-state index is 11.4. The number of carbonyl (C=O) groups is 1. The third kappa shape index (κ3) is 22.4. The Balaban J connectivity index is 0. The molecule has 23 heavy (non-hydrogen) atoms. The van der Waals surface area contributed by atoms with Crippen molar-refractivity contribution < 1.29 is 47.3 Å². The molecule has 0 spiro atoms. The Labute approximate surface area is 164 Å². The molecule has 0 aliphatic heterocycles. The fraction of sp³-hybridized carbons (Fsp3) is 0.938. The molecule has 2 N–H and O–H groups in total. The molecular weight excluding hydrogens is 325 g/mol. The standard InChI is InChI=1S/C16H33NO4S.Na/c1-2-3-4-5-6-7-8-9-10-11-12-13-16(18)17-14-15-22(19,20)21;/h2-15H2,1H3,(H,17,18)(H,19,20,21);/q;+1. The summed E-state index contributed by atoms with van der Waals surface area (Å²) in [6.45, 7) is 2.21. The van der Waals surface area contributed by atoms with Crippen molar-refractivity contribution in [2.45, 2.75) is 84.0 Å². The third-order valence-corrected chi connectivity index (χ3v) is 4.41. The molecule has 0 aliphatic carbocycles. The van der Waals surface area contributed by atoms with Crippen LogP contribution in [0.5, 0.6) is 0 Å². The van der Waals surface area contributed by atoms with Gasteiger partial charge in [-0.1, -0.05) is 71.1 Å². The zero-order valence-electron chi connectivity index (χ0n) is 15.0. The smallest absolute Gasteiger partial charge is 0.355 e. The van der Waals surface area contributed by atoms with E-state index in [0.29, 0.717) is 6.42 Å². The van der Waals surface area contributed by atoms with Gasteiger partial charge >= 0.3 is 29.6 Å². The summed E-state index contributed by atoms with van der Waals surface area (Å²) in [7, 11) is -3.98. The molecule has 0 bridgehead atoms. The van der Waals surface area contributed by atoms with Gasteiger partial charge in [0.25, 0.3) is 10.1 Å². The molecule has 5 nitrogen and oxygen atoms in total. The normalized spacial score (nSPS) is 11.0. The summed E-state index contributed by atoms with van der Waals surface area (Å²) in [5.74, 6) is -0.559. The van der Waals surface area contributed by atoms with Gasteiger partial charge in [-0.25, -0.2) is 0 Å². The predicted molar refractivity (Wildman–Crippen MR) is 90.5 cm³/mol. The van der Waals surface area contributed by atoms with E-state index in [1.165, 1.54) is 51.4 Å². The molecule has 0 saturated heterocycles. The van der Waals surface area contributed by atoms with Crippen molar-refractivity contribution >= 4 is 16.0 Å². The molecule has 0 aromatic carbocycles. The Kier molecular flexibility index (Phi) is 19.2. The maximum Gasteiger partial charge on any atom is 1.00 e. The van der Waals surface area contributed by atoms with Crippen molar-refractivity contribution in [1.29, 1.82) is 0 Å². The van der Waals surface area contributed by atoms with Crippen LogP contribution in [-0.2, 0) is 14.9 Å². The van der Waals surface area contributed by atoms with Crippen LogP contribution in [0.15, 0.2) is 0 Å². The van der Waals surface area contributed by atoms with Crippen molar-refractivity contribution in [2.75, 3.05) is 12.3 Å². The molecule has 0 fully saturated rings. The van der Waals surface area contributed by atoms with Crippen LogP contribution in [0.1, 0.15) is 84.0 Å². The molecule has 0 aliphatic rings. The second-order valence-corrected chi connectivity index (χ2v) is 7.49. The van der Waals surface area contributed by atoms with Crippen molar-refractivity contribution in [2.24, 2.45) is 0 Å². The van der Waals surface area contributed by atoms with Gasteiger partial charge in [0.1, 0.15) is 0 Å². The van der Waals surface area contributed by atoms with E-state index in [4.69, 9.17) is 4.55 Å². The van der Waals surface area contributed by atoms with Gasteiger partial charge in [0.2, 0.25) is 5.91 Å². The fourth-order valence-corrected chi connectivity index (χ4v) is 2.72. The van der Waals surface area contributed by atoms with Gasteiger partial charge in [0.15, 0.2) is 0 Å². The van der Waals surface area contributed by atoms with Crippen LogP contribution < -0.4 is 34.9 Å². The van der Waals surface area contributed by atoms with E-state index in [1.54, 1.807) is 0 Å². The van der Waals surface area contributed by atoms with E-state index < -0.39 is 15.9 Å². The van der Waals surface area contributed by atoms with E-state index >= 15 is 0 Å². The Bertz CT molecular complexity index is 374. The molecule has 0 rings (SSSR count). The van der Waals surface area contributed by atoms with Crippen LogP contribution in [0.3, 0.4) is 0 Å². The molecule has 0 unspecified atom stereocenters. The minimum Gasteiger partial charge on any atom is -0.355 e. The van der Waals surface area contributed by atoms with Crippen molar-refractivity contribution in [3.8, 4) is 0 Å². The number of nitrogens with one attached hydrogen (secondary N) is 1. The van der Waals surface area contributed by atoms with Gasteiger partial charge < -0.3 is 5.32 Å². The number of hydrogen-bond acceptors (Lipinski definition) is 3. The maximum atomic E-state index is 11.4. The van der Waals surface area contributed by atoms with Gasteiger partial charge in [0, 0.05) is 13.0 Å². The average molecular weight is 358 g/mol. The summed E-state index contributed by atoms with van der Waals surface area (Å²) in [5, 5.41) is 2.50. The van der Waals surface area contributed by atoms with Crippen LogP contribution in [0.25, 0.3) is 0 Å². The van der Waals surface area contributed by atoms with Crippen LogP contribution in [0.4, 0.5) is 0 Å². The Morgan fingerprint density at radius 2 is 1.30 bits per heavy atom. The molecule has 0 radical (unpaired) electrons. The molecule has 0 aromatic rings. The van der Waals surface area contributed by atoms with Gasteiger partial charge in [-0.05, 0) is 6.42 Å². The Morgan fingerprint density at radius 3 is 1.74 bits per heavy atom. The molecule has 7 heteroatoms. The molecule has 0 saturated carbocycles. The SMILES string of the molecule is CCCCCCCCCCCCCC(=O)NCCS(=O)(=O)O.[Na+]. The van der Waals surface area contributed by atoms with Crippen LogP contribution >= 0.6 is 0 Å². The van der Waals surface area contributed by atoms with E-state index in [1.807, 2.05) is 0 Å². The first-order chi connectivity index (χ1) is 10.5. The second kappa shape index (κ2) is 17.2. The summed E-state index contributed by atoms with van der Waals surface area (Å²) < 4.78 is 29.5. The zero-order valence-corrected chi connectivity index (χ0v) is 17.8. The number of hydrogen-bond donors (Lipinski definition) is 2. The Morgan fingerprint density at radius 1 is 0.870 bits per heavy atom. The summed E-state index contributed by atoms with van der Waals surface area (Å²) in [6, 6.07) is 0. The van der Waals surface area contributed by atoms with Gasteiger partial charge in [-0.15, -0.1) is 0 Å². The number of unbranched alkanes of at least 4 members (excludes halogenated alkanes) is 10. The van der Waals surface area contributed by atoms with E-state index in [0.717, 1.165) is 19.3 Å². The zero-order chi connectivity index (χ0) is 16.7. The van der Waals surface area contributed by atoms with Crippen molar-refractivity contribution in [3.05, 3.63) is 0 Å². The average Bonchev–Trinajstić information content (AvgIpc) is 2.43. The van der Waals surface area contributed by atoms with Gasteiger partial charge in [0.05, 0.1) is 5.75 Å². The van der Waals surface area contributed by atoms with Gasteiger partial charge in [-0.3, -0.25) is 9.35 Å². The first-order valence-electron chi connectivity index (χ1n) is 8.67. The summed E-state index contributed by atoms with van der Waals surface area (Å²) in [5.41, 5.74) is 0. The quantitative estimate of drug-likeness (QED) is 0.256. The van der Waals surface area contributed by atoms with Crippen LogP contribution in [-0.4, -0.2) is 31.2 Å². The Hall–Kier alpha value is 0.380. The molecule has 0 heterocycles. The molecule has 1 amide bonds. The predicted octanol–water partition coefficient (Wildman–Crippen LogP) is 0.696. The summed E-state index contributed by atoms with van der Waals surface area (Å²) >= 11 is 0. The first kappa shape index (κ1) is 25.6. The number of rotatable bonds is 15. The summed E-state index contributed by atoms with van der Waals surface area (Å²) in [4.78, 5) is 11.4. The minimum atomic E-state index is -3.98. The van der Waals surface area contributed by atoms with E-state index in [-0.39, 0.29) is 42.0 Å². The van der Waals surface area contributed by atoms with E-state index in [2.05, 4.69) is 12.2 Å². The largest absolute Gasteiger partial charge is 1.00 e. The third-order valence-electron chi connectivity index (χ3n) is 3.69. The topological polar surface area (TPSA) is 83.5 Å². The summed E-state index contributed by atoms with van der Waals surface area (Å²) in [6.07, 6.45) is 14.0. The molecule has 0 atom stereocenters. The molecule has 132 valence electrons. The molecular formula is C16H33NNaO4S+.